The first-order chi connectivity index (χ1) is 14.6. The molecule has 2 atom stereocenters. The van der Waals surface area contributed by atoms with Crippen molar-refractivity contribution in [2.75, 3.05) is 26.1 Å². The number of carboxylic acid groups (broad SMARTS) is 1. The predicted octanol–water partition coefficient (Wildman–Crippen LogP) is 0.797. The number of fused-ring (bicyclic) bond motifs is 1. The molecule has 1 aliphatic heterocycles. The number of ether oxygens (including phenoxy) is 3. The van der Waals surface area contributed by atoms with Crippen molar-refractivity contribution in [3.8, 4) is 11.5 Å². The van der Waals surface area contributed by atoms with Crippen LogP contribution in [-0.4, -0.2) is 72.3 Å². The number of amides is 2. The molecule has 2 rings (SSSR count). The summed E-state index contributed by atoms with van der Waals surface area (Å²) in [6.45, 7) is 2.14. The van der Waals surface area contributed by atoms with Gasteiger partial charge in [-0.1, -0.05) is 0 Å². The molecule has 1 aliphatic rings. The van der Waals surface area contributed by atoms with Crippen LogP contribution in [0.5, 0.6) is 11.5 Å². The molecule has 1 aromatic rings. The Morgan fingerprint density at radius 2 is 2.10 bits per heavy atom. The molecule has 31 heavy (non-hydrogen) atoms. The normalized spacial score (nSPS) is 19.6. The molecule has 12 heteroatoms. The van der Waals surface area contributed by atoms with E-state index < -0.39 is 42.6 Å². The van der Waals surface area contributed by atoms with Crippen LogP contribution in [0.1, 0.15) is 28.4 Å². The average Bonchev–Trinajstić information content (AvgIpc) is 2.69. The molecule has 0 spiro atoms. The summed E-state index contributed by atoms with van der Waals surface area (Å²) in [7, 11) is 1.39. The maximum atomic E-state index is 12.8. The fourth-order valence-corrected chi connectivity index (χ4v) is 4.03. The number of carbonyl (C=O) groups is 4. The number of rotatable bonds is 4. The van der Waals surface area contributed by atoms with E-state index in [2.05, 4.69) is 5.32 Å². The fourth-order valence-electron chi connectivity index (χ4n) is 2.95. The van der Waals surface area contributed by atoms with Crippen LogP contribution in [-0.2, 0) is 24.8 Å². The lowest BCUT2D eigenvalue weighted by molar-refractivity contribution is -0.142. The molecule has 11 nitrogen and oxygen atoms in total. The van der Waals surface area contributed by atoms with E-state index in [0.29, 0.717) is 11.1 Å². The van der Waals surface area contributed by atoms with Crippen LogP contribution < -0.4 is 15.4 Å². The van der Waals surface area contributed by atoms with Crippen LogP contribution >= 0.6 is 11.8 Å². The van der Waals surface area contributed by atoms with Crippen molar-refractivity contribution in [3.05, 3.63) is 22.8 Å². The number of thioether (sulfide) groups is 1. The van der Waals surface area contributed by atoms with E-state index >= 15 is 0 Å². The lowest BCUT2D eigenvalue weighted by atomic mass is 10.0. The zero-order chi connectivity index (χ0) is 23.1. The minimum atomic E-state index is -1.48. The molecular weight excluding hydrogens is 432 g/mol. The monoisotopic (exact) mass is 456 g/mol. The molecule has 1 heterocycles. The Hall–Kier alpha value is -3.15. The van der Waals surface area contributed by atoms with E-state index in [4.69, 9.17) is 19.3 Å². The second kappa shape index (κ2) is 10.8. The molecule has 1 aromatic carbocycles. The first kappa shape index (κ1) is 24.1. The molecule has 0 unspecified atom stereocenters. The molecule has 0 aromatic heterocycles. The molecule has 2 amide bonds. The number of nitrogens with one attached hydrogen (secondary N) is 2. The third-order valence-electron chi connectivity index (χ3n) is 4.44. The predicted molar refractivity (Wildman–Crippen MR) is 109 cm³/mol. The highest BCUT2D eigenvalue weighted by Crippen LogP contribution is 2.35. The van der Waals surface area contributed by atoms with Gasteiger partial charge in [0, 0.05) is 35.6 Å². The van der Waals surface area contributed by atoms with E-state index in [-0.39, 0.29) is 35.2 Å². The van der Waals surface area contributed by atoms with E-state index in [0.717, 1.165) is 0 Å². The summed E-state index contributed by atoms with van der Waals surface area (Å²) in [4.78, 5) is 47.6. The second-order valence-corrected chi connectivity index (χ2v) is 7.73. The van der Waals surface area contributed by atoms with Gasteiger partial charge in [-0.3, -0.25) is 9.59 Å². The minimum absolute atomic E-state index is 0.0796. The molecule has 4 N–H and O–H groups in total. The van der Waals surface area contributed by atoms with Crippen LogP contribution in [0.25, 0.3) is 0 Å². The molecule has 170 valence electrons. The van der Waals surface area contributed by atoms with Crippen molar-refractivity contribution >= 4 is 35.7 Å². The fraction of sp³-hybridized carbons (Fsp3) is 0.474. The summed E-state index contributed by atoms with van der Waals surface area (Å²) >= 11 is 1.27. The zero-order valence-electron chi connectivity index (χ0n) is 17.2. The van der Waals surface area contributed by atoms with E-state index in [9.17, 15) is 24.3 Å². The summed E-state index contributed by atoms with van der Waals surface area (Å²) in [5.74, 6) is -1.54. The van der Waals surface area contributed by atoms with Gasteiger partial charge in [-0.25, -0.2) is 9.59 Å². The SMILES string of the molecule is COc1cc(O)c2c(c1C)C(=O)OC[C@H](NC(=O)O)C(=O)N[C@H](COC(C)=O)CSC2. The van der Waals surface area contributed by atoms with Gasteiger partial charge < -0.3 is 35.1 Å². The van der Waals surface area contributed by atoms with Crippen molar-refractivity contribution in [1.29, 1.82) is 0 Å². The Kier molecular flexibility index (Phi) is 8.37. The molecular formula is C19H24N2O9S. The highest BCUT2D eigenvalue weighted by atomic mass is 32.2. The van der Waals surface area contributed by atoms with E-state index in [1.807, 2.05) is 5.32 Å². The number of phenolic OH excluding ortho intramolecular Hbond substituents is 1. The lowest BCUT2D eigenvalue weighted by Gasteiger charge is -2.24. The largest absolute Gasteiger partial charge is 0.507 e. The van der Waals surface area contributed by atoms with Gasteiger partial charge in [-0.2, -0.15) is 11.8 Å². The number of esters is 2. The first-order valence-electron chi connectivity index (χ1n) is 9.21. The summed E-state index contributed by atoms with van der Waals surface area (Å²) < 4.78 is 15.4. The van der Waals surface area contributed by atoms with Crippen molar-refractivity contribution in [2.45, 2.75) is 31.7 Å². The van der Waals surface area contributed by atoms with Crippen LogP contribution in [0.4, 0.5) is 4.79 Å². The van der Waals surface area contributed by atoms with Crippen LogP contribution in [0.3, 0.4) is 0 Å². The van der Waals surface area contributed by atoms with E-state index in [1.54, 1.807) is 6.92 Å². The Balaban J connectivity index is 2.42. The topological polar surface area (TPSA) is 160 Å². The summed E-state index contributed by atoms with van der Waals surface area (Å²) in [5.41, 5.74) is 0.826. The Bertz CT molecular complexity index is 874. The molecule has 0 saturated heterocycles. The molecule has 0 fully saturated rings. The highest BCUT2D eigenvalue weighted by Gasteiger charge is 2.29. The third-order valence-corrected chi connectivity index (χ3v) is 5.57. The van der Waals surface area contributed by atoms with Crippen molar-refractivity contribution < 1.29 is 43.6 Å². The zero-order valence-corrected chi connectivity index (χ0v) is 18.0. The number of benzene rings is 1. The maximum Gasteiger partial charge on any atom is 0.405 e. The number of hydrogen-bond acceptors (Lipinski definition) is 9. The van der Waals surface area contributed by atoms with Crippen molar-refractivity contribution in [2.24, 2.45) is 0 Å². The van der Waals surface area contributed by atoms with Crippen LogP contribution in [0, 0.1) is 6.92 Å². The number of methoxy groups -OCH3 is 1. The standard InChI is InChI=1S/C19H24N2O9S/c1-9-15(28-3)4-14(23)12-8-31-7-11(5-29-10(2)22)20-17(24)13(21-19(26)27)6-30-18(25)16(9)12/h4,11,13,21,23H,5-8H2,1-3H3,(H,20,24)(H,26,27)/t11-,13+/m1/s1. The minimum Gasteiger partial charge on any atom is -0.507 e. The highest BCUT2D eigenvalue weighted by molar-refractivity contribution is 7.98. The Morgan fingerprint density at radius 3 is 2.71 bits per heavy atom. The van der Waals surface area contributed by atoms with Crippen LogP contribution in [0.2, 0.25) is 0 Å². The van der Waals surface area contributed by atoms with Crippen molar-refractivity contribution in [1.82, 2.24) is 10.6 Å². The number of cyclic esters (lactones) is 1. The number of carbonyl (C=O) groups excluding carboxylic acids is 3. The summed E-state index contributed by atoms with van der Waals surface area (Å²) in [6, 6.07) is -0.644. The van der Waals surface area contributed by atoms with E-state index in [1.165, 1.54) is 31.9 Å². The third kappa shape index (κ3) is 6.41. The number of phenols is 1. The maximum absolute atomic E-state index is 12.8. The number of hydrogen-bond donors (Lipinski definition) is 4. The first-order valence-corrected chi connectivity index (χ1v) is 10.4. The smallest absolute Gasteiger partial charge is 0.405 e. The quantitative estimate of drug-likeness (QED) is 0.477. The van der Waals surface area contributed by atoms with Gasteiger partial charge in [0.25, 0.3) is 0 Å². The van der Waals surface area contributed by atoms with Gasteiger partial charge in [-0.15, -0.1) is 0 Å². The average molecular weight is 456 g/mol. The Morgan fingerprint density at radius 1 is 1.39 bits per heavy atom. The van der Waals surface area contributed by atoms with Crippen LogP contribution in [0.15, 0.2) is 6.07 Å². The van der Waals surface area contributed by atoms with Gasteiger partial charge in [0.1, 0.15) is 30.8 Å². The lowest BCUT2D eigenvalue weighted by Crippen LogP contribution is -2.53. The summed E-state index contributed by atoms with van der Waals surface area (Å²) in [6.07, 6.45) is -1.48. The van der Waals surface area contributed by atoms with Gasteiger partial charge in [0.2, 0.25) is 5.91 Å². The number of aromatic hydroxyl groups is 1. The Labute approximate surface area is 182 Å². The molecule has 0 aliphatic carbocycles. The second-order valence-electron chi connectivity index (χ2n) is 6.70. The van der Waals surface area contributed by atoms with Gasteiger partial charge in [-0.05, 0) is 6.92 Å². The van der Waals surface area contributed by atoms with Gasteiger partial charge in [0.05, 0.1) is 18.7 Å². The van der Waals surface area contributed by atoms with Gasteiger partial charge in [0.15, 0.2) is 0 Å². The molecule has 0 radical (unpaired) electrons. The summed E-state index contributed by atoms with van der Waals surface area (Å²) in [5, 5.41) is 24.1. The van der Waals surface area contributed by atoms with Crippen molar-refractivity contribution in [3.63, 3.8) is 0 Å². The molecule has 0 saturated carbocycles. The molecule has 0 bridgehead atoms. The van der Waals surface area contributed by atoms with Gasteiger partial charge >= 0.3 is 18.0 Å².